The molecule has 0 bridgehead atoms. The van der Waals surface area contributed by atoms with Gasteiger partial charge in [0.2, 0.25) is 0 Å². The lowest BCUT2D eigenvalue weighted by Gasteiger charge is -2.10. The third-order valence-electron chi connectivity index (χ3n) is 2.95. The Labute approximate surface area is 112 Å². The zero-order chi connectivity index (χ0) is 13.0. The summed E-state index contributed by atoms with van der Waals surface area (Å²) in [6.45, 7) is 1.36. The summed E-state index contributed by atoms with van der Waals surface area (Å²) >= 11 is 4.86. The van der Waals surface area contributed by atoms with Crippen molar-refractivity contribution >= 4 is 23.1 Å². The van der Waals surface area contributed by atoms with E-state index in [1.54, 1.807) is 24.3 Å². The van der Waals surface area contributed by atoms with Crippen LogP contribution in [0.1, 0.15) is 28.8 Å². The number of rotatable bonds is 4. The summed E-state index contributed by atoms with van der Waals surface area (Å²) in [5.74, 6) is -0.0972. The number of nitrogens with two attached hydrogens (primary N) is 1. The number of amides is 1. The number of ether oxygens (including phenoxy) is 1. The van der Waals surface area contributed by atoms with Crippen molar-refractivity contribution in [2.24, 2.45) is 5.73 Å². The minimum Gasteiger partial charge on any atom is -0.389 e. The van der Waals surface area contributed by atoms with Gasteiger partial charge in [0.25, 0.3) is 5.91 Å². The van der Waals surface area contributed by atoms with Gasteiger partial charge in [-0.2, -0.15) is 0 Å². The van der Waals surface area contributed by atoms with E-state index in [1.807, 2.05) is 0 Å². The van der Waals surface area contributed by atoms with Crippen LogP contribution in [0, 0.1) is 0 Å². The van der Waals surface area contributed by atoms with Crippen LogP contribution < -0.4 is 11.1 Å². The maximum Gasteiger partial charge on any atom is 0.251 e. The summed E-state index contributed by atoms with van der Waals surface area (Å²) in [5.41, 5.74) is 6.86. The van der Waals surface area contributed by atoms with Crippen LogP contribution in [0.4, 0.5) is 0 Å². The van der Waals surface area contributed by atoms with E-state index in [0.717, 1.165) is 25.0 Å². The third-order valence-corrected chi connectivity index (χ3v) is 3.18. The van der Waals surface area contributed by atoms with E-state index in [9.17, 15) is 4.79 Å². The van der Waals surface area contributed by atoms with Crippen LogP contribution in [0.5, 0.6) is 0 Å². The van der Waals surface area contributed by atoms with Crippen LogP contribution in [0.15, 0.2) is 24.3 Å². The second kappa shape index (κ2) is 5.93. The van der Waals surface area contributed by atoms with Crippen molar-refractivity contribution in [1.82, 2.24) is 5.32 Å². The SMILES string of the molecule is NC(=S)c1ccc(C(=O)NC[C@@H]2CCCO2)cc1. The van der Waals surface area contributed by atoms with Crippen LogP contribution >= 0.6 is 12.2 Å². The number of nitrogens with one attached hydrogen (secondary N) is 1. The molecule has 0 aliphatic carbocycles. The summed E-state index contributed by atoms with van der Waals surface area (Å²) in [5, 5.41) is 2.86. The van der Waals surface area contributed by atoms with E-state index in [0.29, 0.717) is 17.1 Å². The van der Waals surface area contributed by atoms with E-state index in [4.69, 9.17) is 22.7 Å². The van der Waals surface area contributed by atoms with E-state index in [-0.39, 0.29) is 12.0 Å². The molecule has 3 N–H and O–H groups in total. The molecule has 1 amide bonds. The number of thiocarbonyl (C=S) groups is 1. The van der Waals surface area contributed by atoms with Gasteiger partial charge >= 0.3 is 0 Å². The van der Waals surface area contributed by atoms with Crippen molar-refractivity contribution in [3.05, 3.63) is 35.4 Å². The molecule has 1 aliphatic rings. The Morgan fingerprint density at radius 3 is 2.61 bits per heavy atom. The van der Waals surface area contributed by atoms with E-state index in [1.165, 1.54) is 0 Å². The van der Waals surface area contributed by atoms with E-state index in [2.05, 4.69) is 5.32 Å². The molecular weight excluding hydrogens is 248 g/mol. The summed E-state index contributed by atoms with van der Waals surface area (Å²) in [4.78, 5) is 12.2. The fraction of sp³-hybridized carbons (Fsp3) is 0.385. The van der Waals surface area contributed by atoms with Crippen LogP contribution in [-0.2, 0) is 4.74 Å². The van der Waals surface area contributed by atoms with Crippen molar-refractivity contribution < 1.29 is 9.53 Å². The molecule has 0 aromatic heterocycles. The Hall–Kier alpha value is -1.46. The number of hydrogen-bond donors (Lipinski definition) is 2. The molecule has 2 rings (SSSR count). The van der Waals surface area contributed by atoms with Gasteiger partial charge in [-0.25, -0.2) is 0 Å². The summed E-state index contributed by atoms with van der Waals surface area (Å²) in [6, 6.07) is 6.95. The zero-order valence-electron chi connectivity index (χ0n) is 10.0. The maximum absolute atomic E-state index is 11.9. The van der Waals surface area contributed by atoms with Crippen molar-refractivity contribution in [2.45, 2.75) is 18.9 Å². The lowest BCUT2D eigenvalue weighted by atomic mass is 10.1. The number of carbonyl (C=O) groups excluding carboxylic acids is 1. The number of carbonyl (C=O) groups is 1. The standard InChI is InChI=1S/C13H16N2O2S/c14-12(18)9-3-5-10(6-4-9)13(16)15-8-11-2-1-7-17-11/h3-6,11H,1-2,7-8H2,(H2,14,18)(H,15,16)/t11-/m0/s1. The van der Waals surface area contributed by atoms with Crippen LogP contribution in [-0.4, -0.2) is 30.2 Å². The molecule has 4 nitrogen and oxygen atoms in total. The molecule has 0 saturated carbocycles. The van der Waals surface area contributed by atoms with Crippen LogP contribution in [0.25, 0.3) is 0 Å². The first kappa shape index (κ1) is 13.0. The molecule has 96 valence electrons. The molecule has 1 aromatic carbocycles. The van der Waals surface area contributed by atoms with Crippen molar-refractivity contribution in [1.29, 1.82) is 0 Å². The highest BCUT2D eigenvalue weighted by atomic mass is 32.1. The van der Waals surface area contributed by atoms with Crippen molar-refractivity contribution in [2.75, 3.05) is 13.2 Å². The average Bonchev–Trinajstić information content (AvgIpc) is 2.89. The van der Waals surface area contributed by atoms with Gasteiger partial charge in [0.05, 0.1) is 6.10 Å². The Morgan fingerprint density at radius 2 is 2.06 bits per heavy atom. The van der Waals surface area contributed by atoms with Gasteiger partial charge in [-0.1, -0.05) is 24.4 Å². The monoisotopic (exact) mass is 264 g/mol. The lowest BCUT2D eigenvalue weighted by Crippen LogP contribution is -2.31. The van der Waals surface area contributed by atoms with E-state index < -0.39 is 0 Å². The smallest absolute Gasteiger partial charge is 0.251 e. The van der Waals surface area contributed by atoms with E-state index >= 15 is 0 Å². The highest BCUT2D eigenvalue weighted by molar-refractivity contribution is 7.80. The van der Waals surface area contributed by atoms with Crippen molar-refractivity contribution in [3.63, 3.8) is 0 Å². The zero-order valence-corrected chi connectivity index (χ0v) is 10.8. The molecule has 1 aromatic rings. The third kappa shape index (κ3) is 3.27. The molecule has 1 saturated heterocycles. The first-order valence-electron chi connectivity index (χ1n) is 5.96. The fourth-order valence-corrected chi connectivity index (χ4v) is 2.04. The minimum atomic E-state index is -0.0972. The molecule has 1 aliphatic heterocycles. The van der Waals surface area contributed by atoms with Gasteiger partial charge in [-0.05, 0) is 25.0 Å². The highest BCUT2D eigenvalue weighted by Gasteiger charge is 2.16. The number of hydrogen-bond acceptors (Lipinski definition) is 3. The average molecular weight is 264 g/mol. The molecular formula is C13H16N2O2S. The summed E-state index contributed by atoms with van der Waals surface area (Å²) < 4.78 is 5.44. The Kier molecular flexibility index (Phi) is 4.28. The summed E-state index contributed by atoms with van der Waals surface area (Å²) in [7, 11) is 0. The molecule has 0 spiro atoms. The Morgan fingerprint density at radius 1 is 1.39 bits per heavy atom. The molecule has 18 heavy (non-hydrogen) atoms. The predicted octanol–water partition coefficient (Wildman–Crippen LogP) is 1.23. The first-order chi connectivity index (χ1) is 8.66. The fourth-order valence-electron chi connectivity index (χ4n) is 1.90. The quantitative estimate of drug-likeness (QED) is 0.803. The topological polar surface area (TPSA) is 64.4 Å². The number of benzene rings is 1. The highest BCUT2D eigenvalue weighted by Crippen LogP contribution is 2.11. The van der Waals surface area contributed by atoms with Gasteiger partial charge in [0.15, 0.2) is 0 Å². The first-order valence-corrected chi connectivity index (χ1v) is 6.37. The van der Waals surface area contributed by atoms with Gasteiger partial charge < -0.3 is 15.8 Å². The predicted molar refractivity (Wildman–Crippen MR) is 73.6 cm³/mol. The largest absolute Gasteiger partial charge is 0.389 e. The van der Waals surface area contributed by atoms with Gasteiger partial charge in [-0.15, -0.1) is 0 Å². The second-order valence-electron chi connectivity index (χ2n) is 4.29. The lowest BCUT2D eigenvalue weighted by molar-refractivity contribution is 0.0858. The van der Waals surface area contributed by atoms with Gasteiger partial charge in [0, 0.05) is 24.3 Å². The molecule has 0 radical (unpaired) electrons. The van der Waals surface area contributed by atoms with Crippen LogP contribution in [0.3, 0.4) is 0 Å². The van der Waals surface area contributed by atoms with Gasteiger partial charge in [0.1, 0.15) is 4.99 Å². The Bertz CT molecular complexity index is 439. The molecule has 1 fully saturated rings. The van der Waals surface area contributed by atoms with Crippen molar-refractivity contribution in [3.8, 4) is 0 Å². The molecule has 5 heteroatoms. The normalized spacial score (nSPS) is 18.6. The minimum absolute atomic E-state index is 0.0972. The summed E-state index contributed by atoms with van der Waals surface area (Å²) in [6.07, 6.45) is 2.24. The molecule has 1 heterocycles. The molecule has 1 atom stereocenters. The van der Waals surface area contributed by atoms with Gasteiger partial charge in [-0.3, -0.25) is 4.79 Å². The maximum atomic E-state index is 11.9. The van der Waals surface area contributed by atoms with Crippen LogP contribution in [0.2, 0.25) is 0 Å². The second-order valence-corrected chi connectivity index (χ2v) is 4.73. The Balaban J connectivity index is 1.89. The molecule has 0 unspecified atom stereocenters.